The quantitative estimate of drug-likeness (QED) is 0.902. The Balaban J connectivity index is 2.27. The van der Waals surface area contributed by atoms with E-state index in [4.69, 9.17) is 28.3 Å². The van der Waals surface area contributed by atoms with E-state index in [1.54, 1.807) is 24.3 Å². The number of halogens is 2. The SMILES string of the molecule is O=C(O)c1cc(NC(=O)c2ccccc2Cl)ccc1Cl. The lowest BCUT2D eigenvalue weighted by molar-refractivity contribution is 0.0696. The molecule has 2 rings (SSSR count). The number of carbonyl (C=O) groups excluding carboxylic acids is 1. The van der Waals surface area contributed by atoms with E-state index in [2.05, 4.69) is 5.32 Å². The van der Waals surface area contributed by atoms with E-state index in [1.807, 2.05) is 0 Å². The van der Waals surface area contributed by atoms with Crippen LogP contribution in [0.5, 0.6) is 0 Å². The number of aromatic carboxylic acids is 1. The van der Waals surface area contributed by atoms with E-state index in [0.29, 0.717) is 16.3 Å². The lowest BCUT2D eigenvalue weighted by atomic mass is 10.1. The Morgan fingerprint density at radius 3 is 2.25 bits per heavy atom. The molecule has 2 aromatic carbocycles. The van der Waals surface area contributed by atoms with Gasteiger partial charge in [-0.1, -0.05) is 35.3 Å². The van der Waals surface area contributed by atoms with Crippen molar-refractivity contribution in [2.75, 3.05) is 5.32 Å². The standard InChI is InChI=1S/C14H9Cl2NO3/c15-11-4-2-1-3-9(11)13(18)17-8-5-6-12(16)10(7-8)14(19)20/h1-7H,(H,17,18)(H,19,20). The number of amides is 1. The summed E-state index contributed by atoms with van der Waals surface area (Å²) < 4.78 is 0. The molecule has 2 aromatic rings. The van der Waals surface area contributed by atoms with E-state index in [1.165, 1.54) is 18.2 Å². The molecule has 0 saturated heterocycles. The lowest BCUT2D eigenvalue weighted by Gasteiger charge is -2.08. The van der Waals surface area contributed by atoms with Gasteiger partial charge in [0.05, 0.1) is 21.2 Å². The van der Waals surface area contributed by atoms with Gasteiger partial charge in [0.15, 0.2) is 0 Å². The minimum Gasteiger partial charge on any atom is -0.478 e. The lowest BCUT2D eigenvalue weighted by Crippen LogP contribution is -2.13. The summed E-state index contributed by atoms with van der Waals surface area (Å²) in [4.78, 5) is 23.0. The average molecular weight is 310 g/mol. The van der Waals surface area contributed by atoms with Crippen LogP contribution in [0.25, 0.3) is 0 Å². The van der Waals surface area contributed by atoms with Gasteiger partial charge < -0.3 is 10.4 Å². The number of carbonyl (C=O) groups is 2. The Morgan fingerprint density at radius 1 is 0.950 bits per heavy atom. The second kappa shape index (κ2) is 5.94. The Bertz CT molecular complexity index is 686. The van der Waals surface area contributed by atoms with E-state index in [9.17, 15) is 9.59 Å². The van der Waals surface area contributed by atoms with Gasteiger partial charge in [-0.15, -0.1) is 0 Å². The molecular weight excluding hydrogens is 301 g/mol. The fraction of sp³-hybridized carbons (Fsp3) is 0. The fourth-order valence-corrected chi connectivity index (χ4v) is 2.03. The average Bonchev–Trinajstić information content (AvgIpc) is 2.41. The van der Waals surface area contributed by atoms with Crippen LogP contribution in [0.2, 0.25) is 10.0 Å². The zero-order valence-corrected chi connectivity index (χ0v) is 11.6. The second-order valence-electron chi connectivity index (χ2n) is 3.93. The molecule has 102 valence electrons. The zero-order valence-electron chi connectivity index (χ0n) is 10.1. The Hall–Kier alpha value is -2.04. The predicted octanol–water partition coefficient (Wildman–Crippen LogP) is 3.94. The minimum absolute atomic E-state index is 0.0800. The number of hydrogen-bond acceptors (Lipinski definition) is 2. The van der Waals surface area contributed by atoms with Gasteiger partial charge in [-0.3, -0.25) is 4.79 Å². The van der Waals surface area contributed by atoms with Gasteiger partial charge >= 0.3 is 5.97 Å². The van der Waals surface area contributed by atoms with Crippen molar-refractivity contribution in [1.82, 2.24) is 0 Å². The molecule has 20 heavy (non-hydrogen) atoms. The molecule has 0 saturated carbocycles. The maximum atomic E-state index is 12.0. The first-order valence-corrected chi connectivity index (χ1v) is 6.33. The van der Waals surface area contributed by atoms with Crippen LogP contribution in [-0.2, 0) is 0 Å². The van der Waals surface area contributed by atoms with E-state index < -0.39 is 11.9 Å². The molecule has 0 heterocycles. The largest absolute Gasteiger partial charge is 0.478 e. The van der Waals surface area contributed by atoms with Crippen LogP contribution >= 0.6 is 23.2 Å². The summed E-state index contributed by atoms with van der Waals surface area (Å²) in [6.07, 6.45) is 0. The van der Waals surface area contributed by atoms with Crippen LogP contribution in [0, 0.1) is 0 Å². The van der Waals surface area contributed by atoms with Crippen molar-refractivity contribution in [2.45, 2.75) is 0 Å². The van der Waals surface area contributed by atoms with Crippen LogP contribution in [0.3, 0.4) is 0 Å². The van der Waals surface area contributed by atoms with Crippen molar-refractivity contribution in [3.05, 3.63) is 63.6 Å². The third-order valence-corrected chi connectivity index (χ3v) is 3.23. The molecule has 2 N–H and O–H groups in total. The number of nitrogens with one attached hydrogen (secondary N) is 1. The molecule has 0 spiro atoms. The molecule has 6 heteroatoms. The normalized spacial score (nSPS) is 10.1. The second-order valence-corrected chi connectivity index (χ2v) is 4.75. The van der Waals surface area contributed by atoms with Crippen LogP contribution < -0.4 is 5.32 Å². The predicted molar refractivity (Wildman–Crippen MR) is 77.8 cm³/mol. The third kappa shape index (κ3) is 3.10. The summed E-state index contributed by atoms with van der Waals surface area (Å²) in [5.74, 6) is -1.59. The van der Waals surface area contributed by atoms with Crippen molar-refractivity contribution in [3.8, 4) is 0 Å². The number of carboxylic acid groups (broad SMARTS) is 1. The summed E-state index contributed by atoms with van der Waals surface area (Å²) in [5, 5.41) is 12.0. The molecule has 1 amide bonds. The maximum absolute atomic E-state index is 12.0. The highest BCUT2D eigenvalue weighted by Gasteiger charge is 2.13. The van der Waals surface area contributed by atoms with Crippen LogP contribution in [0.4, 0.5) is 5.69 Å². The maximum Gasteiger partial charge on any atom is 0.337 e. The summed E-state index contributed by atoms with van der Waals surface area (Å²) >= 11 is 11.7. The van der Waals surface area contributed by atoms with E-state index in [-0.39, 0.29) is 10.6 Å². The van der Waals surface area contributed by atoms with Crippen molar-refractivity contribution in [3.63, 3.8) is 0 Å². The summed E-state index contributed by atoms with van der Waals surface area (Å²) in [6.45, 7) is 0. The highest BCUT2D eigenvalue weighted by molar-refractivity contribution is 6.34. The van der Waals surface area contributed by atoms with Gasteiger partial charge in [0.25, 0.3) is 5.91 Å². The van der Waals surface area contributed by atoms with Gasteiger partial charge in [-0.2, -0.15) is 0 Å². The summed E-state index contributed by atoms with van der Waals surface area (Å²) in [7, 11) is 0. The van der Waals surface area contributed by atoms with Crippen molar-refractivity contribution in [1.29, 1.82) is 0 Å². The molecule has 0 aliphatic rings. The van der Waals surface area contributed by atoms with E-state index in [0.717, 1.165) is 0 Å². The smallest absolute Gasteiger partial charge is 0.337 e. The first-order chi connectivity index (χ1) is 9.49. The molecule has 0 radical (unpaired) electrons. The molecular formula is C14H9Cl2NO3. The Morgan fingerprint density at radius 2 is 1.60 bits per heavy atom. The van der Waals surface area contributed by atoms with Crippen molar-refractivity contribution >= 4 is 40.8 Å². The minimum atomic E-state index is -1.16. The summed E-state index contributed by atoms with van der Waals surface area (Å²) in [5.41, 5.74) is 0.557. The van der Waals surface area contributed by atoms with Gasteiger partial charge in [-0.05, 0) is 30.3 Å². The first-order valence-electron chi connectivity index (χ1n) is 5.58. The summed E-state index contributed by atoms with van der Waals surface area (Å²) in [6, 6.07) is 10.8. The zero-order chi connectivity index (χ0) is 14.7. The third-order valence-electron chi connectivity index (χ3n) is 2.57. The molecule has 0 unspecified atom stereocenters. The first kappa shape index (κ1) is 14.4. The topological polar surface area (TPSA) is 66.4 Å². The van der Waals surface area contributed by atoms with Crippen molar-refractivity contribution in [2.24, 2.45) is 0 Å². The van der Waals surface area contributed by atoms with Gasteiger partial charge in [0.2, 0.25) is 0 Å². The van der Waals surface area contributed by atoms with Gasteiger partial charge in [0.1, 0.15) is 0 Å². The van der Waals surface area contributed by atoms with Gasteiger partial charge in [-0.25, -0.2) is 4.79 Å². The van der Waals surface area contributed by atoms with Crippen molar-refractivity contribution < 1.29 is 14.7 Å². The number of anilines is 1. The molecule has 0 aliphatic carbocycles. The number of benzene rings is 2. The highest BCUT2D eigenvalue weighted by atomic mass is 35.5. The number of rotatable bonds is 3. The van der Waals surface area contributed by atoms with E-state index >= 15 is 0 Å². The molecule has 4 nitrogen and oxygen atoms in total. The van der Waals surface area contributed by atoms with Crippen LogP contribution in [0.1, 0.15) is 20.7 Å². The molecule has 0 fully saturated rings. The molecule has 0 bridgehead atoms. The number of hydrogen-bond donors (Lipinski definition) is 2. The van der Waals surface area contributed by atoms with Crippen LogP contribution in [-0.4, -0.2) is 17.0 Å². The van der Waals surface area contributed by atoms with Gasteiger partial charge in [0, 0.05) is 5.69 Å². The molecule has 0 aliphatic heterocycles. The molecule has 0 aromatic heterocycles. The Kier molecular flexibility index (Phi) is 4.27. The highest BCUT2D eigenvalue weighted by Crippen LogP contribution is 2.22. The number of carboxylic acids is 1. The Labute approximate surface area is 124 Å². The van der Waals surface area contributed by atoms with Crippen LogP contribution in [0.15, 0.2) is 42.5 Å². The monoisotopic (exact) mass is 309 g/mol. The fourth-order valence-electron chi connectivity index (χ4n) is 1.61. The molecule has 0 atom stereocenters.